The topological polar surface area (TPSA) is 41.1 Å². The molecule has 2 heterocycles. The predicted molar refractivity (Wildman–Crippen MR) is 72.7 cm³/mol. The van der Waals surface area contributed by atoms with Gasteiger partial charge in [-0.05, 0) is 45.6 Å². The van der Waals surface area contributed by atoms with Crippen LogP contribution in [0.25, 0.3) is 0 Å². The van der Waals surface area contributed by atoms with Crippen LogP contribution >= 0.6 is 0 Å². The molecule has 1 aliphatic carbocycles. The maximum atomic E-state index is 4.51. The summed E-state index contributed by atoms with van der Waals surface area (Å²) in [5, 5.41) is 3.48. The first-order chi connectivity index (χ1) is 8.72. The average molecular weight is 246 g/mol. The molecule has 2 aliphatic rings. The van der Waals surface area contributed by atoms with E-state index >= 15 is 0 Å². The molecule has 2 fully saturated rings. The van der Waals surface area contributed by atoms with Gasteiger partial charge in [-0.3, -0.25) is 4.98 Å². The minimum absolute atomic E-state index is 0.771. The predicted octanol–water partition coefficient (Wildman–Crippen LogP) is 1.99. The second-order valence-corrected chi connectivity index (χ2v) is 5.71. The first-order valence-electron chi connectivity index (χ1n) is 7.00. The Balaban J connectivity index is 1.53. The van der Waals surface area contributed by atoms with Gasteiger partial charge in [-0.2, -0.15) is 0 Å². The van der Waals surface area contributed by atoms with Gasteiger partial charge in [-0.1, -0.05) is 0 Å². The van der Waals surface area contributed by atoms with Crippen molar-refractivity contribution >= 4 is 5.82 Å². The van der Waals surface area contributed by atoms with Crippen molar-refractivity contribution in [2.75, 3.05) is 25.0 Å². The van der Waals surface area contributed by atoms with Crippen molar-refractivity contribution in [3.8, 4) is 0 Å². The first-order valence-corrected chi connectivity index (χ1v) is 7.00. The van der Waals surface area contributed by atoms with Gasteiger partial charge < -0.3 is 10.2 Å². The van der Waals surface area contributed by atoms with Gasteiger partial charge in [-0.25, -0.2) is 4.98 Å². The molecule has 0 spiro atoms. The molecule has 4 heteroatoms. The van der Waals surface area contributed by atoms with Gasteiger partial charge in [0.25, 0.3) is 0 Å². The van der Waals surface area contributed by atoms with Crippen LogP contribution in [0.4, 0.5) is 5.82 Å². The van der Waals surface area contributed by atoms with Gasteiger partial charge in [0, 0.05) is 25.3 Å². The first kappa shape index (κ1) is 11.9. The third kappa shape index (κ3) is 2.64. The smallest absolute Gasteiger partial charge is 0.147 e. The number of hydrogen-bond acceptors (Lipinski definition) is 4. The molecule has 98 valence electrons. The van der Waals surface area contributed by atoms with E-state index in [-0.39, 0.29) is 0 Å². The van der Waals surface area contributed by atoms with Gasteiger partial charge >= 0.3 is 0 Å². The molecule has 18 heavy (non-hydrogen) atoms. The molecule has 0 bridgehead atoms. The Morgan fingerprint density at radius 1 is 1.33 bits per heavy atom. The molecular formula is C14H22N4. The van der Waals surface area contributed by atoms with Gasteiger partial charge in [0.2, 0.25) is 0 Å². The zero-order chi connectivity index (χ0) is 12.5. The highest BCUT2D eigenvalue weighted by Gasteiger charge is 2.34. The number of nitrogens with zero attached hydrogens (tertiary/aromatic N) is 3. The number of aryl methyl sites for hydroxylation is 2. The maximum Gasteiger partial charge on any atom is 0.147 e. The van der Waals surface area contributed by atoms with Crippen molar-refractivity contribution in [2.45, 2.75) is 39.2 Å². The Bertz CT molecular complexity index is 428. The molecule has 1 aromatic heterocycles. The summed E-state index contributed by atoms with van der Waals surface area (Å²) >= 11 is 0. The van der Waals surface area contributed by atoms with Gasteiger partial charge in [0.05, 0.1) is 11.4 Å². The summed E-state index contributed by atoms with van der Waals surface area (Å²) in [5.41, 5.74) is 1.98. The van der Waals surface area contributed by atoms with Crippen molar-refractivity contribution in [3.63, 3.8) is 0 Å². The molecule has 4 nitrogen and oxygen atoms in total. The summed E-state index contributed by atoms with van der Waals surface area (Å²) in [6, 6.07) is 0.912. The highest BCUT2D eigenvalue weighted by atomic mass is 15.2. The van der Waals surface area contributed by atoms with E-state index in [4.69, 9.17) is 0 Å². The third-order valence-electron chi connectivity index (χ3n) is 4.01. The third-order valence-corrected chi connectivity index (χ3v) is 4.01. The van der Waals surface area contributed by atoms with Crippen LogP contribution < -0.4 is 5.32 Å². The zero-order valence-corrected chi connectivity index (χ0v) is 11.3. The lowest BCUT2D eigenvalue weighted by atomic mass is 10.1. The van der Waals surface area contributed by atoms with E-state index in [2.05, 4.69) is 20.2 Å². The Morgan fingerprint density at radius 2 is 2.17 bits per heavy atom. The Morgan fingerprint density at radius 3 is 2.94 bits per heavy atom. The lowest BCUT2D eigenvalue weighted by Gasteiger charge is -2.16. The van der Waals surface area contributed by atoms with E-state index in [1.807, 2.05) is 20.0 Å². The molecule has 1 aromatic rings. The van der Waals surface area contributed by atoms with E-state index in [1.165, 1.54) is 32.4 Å². The maximum absolute atomic E-state index is 4.51. The van der Waals surface area contributed by atoms with Crippen molar-refractivity contribution in [1.29, 1.82) is 0 Å². The lowest BCUT2D eigenvalue weighted by Crippen LogP contribution is -2.25. The molecule has 1 atom stereocenters. The van der Waals surface area contributed by atoms with Crippen LogP contribution in [0.5, 0.6) is 0 Å². The van der Waals surface area contributed by atoms with Gasteiger partial charge in [0.1, 0.15) is 5.82 Å². The molecule has 0 amide bonds. The number of rotatable bonds is 4. The van der Waals surface area contributed by atoms with Crippen molar-refractivity contribution in [3.05, 3.63) is 17.6 Å². The minimum Gasteiger partial charge on any atom is -0.368 e. The second-order valence-electron chi connectivity index (χ2n) is 5.71. The zero-order valence-electron chi connectivity index (χ0n) is 11.3. The van der Waals surface area contributed by atoms with Gasteiger partial charge in [0.15, 0.2) is 0 Å². The summed E-state index contributed by atoms with van der Waals surface area (Å²) in [6.07, 6.45) is 5.98. The summed E-state index contributed by atoms with van der Waals surface area (Å²) < 4.78 is 0. The number of aromatic nitrogens is 2. The summed E-state index contributed by atoms with van der Waals surface area (Å²) in [7, 11) is 0. The van der Waals surface area contributed by atoms with Crippen molar-refractivity contribution < 1.29 is 0 Å². The summed E-state index contributed by atoms with van der Waals surface area (Å²) in [4.78, 5) is 11.5. The molecule has 0 aromatic carbocycles. The molecule has 0 radical (unpaired) electrons. The van der Waals surface area contributed by atoms with Crippen LogP contribution in [-0.2, 0) is 0 Å². The van der Waals surface area contributed by atoms with E-state index in [0.717, 1.165) is 35.7 Å². The van der Waals surface area contributed by atoms with Crippen LogP contribution in [0.1, 0.15) is 30.7 Å². The fourth-order valence-corrected chi connectivity index (χ4v) is 2.75. The van der Waals surface area contributed by atoms with Crippen molar-refractivity contribution in [1.82, 2.24) is 14.9 Å². The van der Waals surface area contributed by atoms with Crippen LogP contribution in [0.3, 0.4) is 0 Å². The SMILES string of the molecule is Cc1cnc(C)c(NCC2CCN(C3CC3)C2)n1. The highest BCUT2D eigenvalue weighted by Crippen LogP contribution is 2.31. The fourth-order valence-electron chi connectivity index (χ4n) is 2.75. The number of hydrogen-bond donors (Lipinski definition) is 1. The van der Waals surface area contributed by atoms with Crippen LogP contribution in [-0.4, -0.2) is 40.5 Å². The van der Waals surface area contributed by atoms with Crippen molar-refractivity contribution in [2.24, 2.45) is 5.92 Å². The molecule has 1 unspecified atom stereocenters. The Labute approximate surface area is 109 Å². The number of likely N-dealkylation sites (tertiary alicyclic amines) is 1. The monoisotopic (exact) mass is 246 g/mol. The minimum atomic E-state index is 0.771. The molecule has 1 saturated heterocycles. The highest BCUT2D eigenvalue weighted by molar-refractivity contribution is 5.39. The lowest BCUT2D eigenvalue weighted by molar-refractivity contribution is 0.316. The molecule has 1 N–H and O–H groups in total. The molecule has 3 rings (SSSR count). The normalized spacial score (nSPS) is 24.4. The standard InChI is InChI=1S/C14H22N4/c1-10-7-15-11(2)14(17-10)16-8-12-5-6-18(9-12)13-3-4-13/h7,12-13H,3-6,8-9H2,1-2H3,(H,16,17). The second kappa shape index (κ2) is 4.84. The van der Waals surface area contributed by atoms with E-state index < -0.39 is 0 Å². The molecule has 1 saturated carbocycles. The number of anilines is 1. The quantitative estimate of drug-likeness (QED) is 0.882. The largest absolute Gasteiger partial charge is 0.368 e. The van der Waals surface area contributed by atoms with Gasteiger partial charge in [-0.15, -0.1) is 0 Å². The Hall–Kier alpha value is -1.16. The van der Waals surface area contributed by atoms with Crippen LogP contribution in [0, 0.1) is 19.8 Å². The molecular weight excluding hydrogens is 224 g/mol. The molecule has 1 aliphatic heterocycles. The Kier molecular flexibility index (Phi) is 3.20. The van der Waals surface area contributed by atoms with Crippen LogP contribution in [0.2, 0.25) is 0 Å². The number of nitrogens with one attached hydrogen (secondary N) is 1. The van der Waals surface area contributed by atoms with Crippen LogP contribution in [0.15, 0.2) is 6.20 Å². The van der Waals surface area contributed by atoms with E-state index in [1.54, 1.807) is 0 Å². The average Bonchev–Trinajstić information content (AvgIpc) is 3.10. The summed E-state index contributed by atoms with van der Waals surface area (Å²) in [6.45, 7) is 7.58. The fraction of sp³-hybridized carbons (Fsp3) is 0.714. The summed E-state index contributed by atoms with van der Waals surface area (Å²) in [5.74, 6) is 1.73. The van der Waals surface area contributed by atoms with E-state index in [0.29, 0.717) is 0 Å². The van der Waals surface area contributed by atoms with E-state index in [9.17, 15) is 0 Å².